The second-order valence-electron chi connectivity index (χ2n) is 4.79. The Morgan fingerprint density at radius 3 is 2.65 bits per heavy atom. The molecule has 0 heterocycles. The number of halogens is 1. The van der Waals surface area contributed by atoms with E-state index in [1.165, 1.54) is 5.56 Å². The van der Waals surface area contributed by atoms with Crippen molar-refractivity contribution >= 4 is 28.1 Å². The molecule has 0 fully saturated rings. The van der Waals surface area contributed by atoms with Crippen LogP contribution in [-0.4, -0.2) is 25.8 Å². The minimum absolute atomic E-state index is 0.150. The van der Waals surface area contributed by atoms with Crippen LogP contribution in [-0.2, 0) is 4.79 Å². The van der Waals surface area contributed by atoms with Crippen molar-refractivity contribution in [3.05, 3.63) is 58.1 Å². The number of carbonyl (C=O) groups is 1. The molecule has 0 bridgehead atoms. The standard InChI is InChI=1S/C17H17BrN2O3/c1-12-3-5-13(6-4-12)10-19-20-17(21)11-23-15-8-7-14(18)9-16(15)22-2/h3-10H,11H2,1-2H3,(H,20,21)/b19-10+. The van der Waals surface area contributed by atoms with Crippen molar-refractivity contribution < 1.29 is 14.3 Å². The number of aryl methyl sites for hydroxylation is 1. The number of carbonyl (C=O) groups excluding carboxylic acids is 1. The molecule has 0 unspecified atom stereocenters. The molecule has 0 aliphatic rings. The fourth-order valence-corrected chi connectivity index (χ4v) is 2.11. The van der Waals surface area contributed by atoms with Gasteiger partial charge in [0.25, 0.3) is 5.91 Å². The van der Waals surface area contributed by atoms with Crippen LogP contribution >= 0.6 is 15.9 Å². The Bertz CT molecular complexity index is 699. The smallest absolute Gasteiger partial charge is 0.277 e. The highest BCUT2D eigenvalue weighted by Gasteiger charge is 2.07. The largest absolute Gasteiger partial charge is 0.493 e. The molecule has 1 N–H and O–H groups in total. The summed E-state index contributed by atoms with van der Waals surface area (Å²) in [7, 11) is 1.54. The van der Waals surface area contributed by atoms with Gasteiger partial charge in [-0.3, -0.25) is 4.79 Å². The molecule has 0 saturated carbocycles. The molecule has 2 aromatic rings. The number of benzene rings is 2. The average molecular weight is 377 g/mol. The molecule has 120 valence electrons. The lowest BCUT2D eigenvalue weighted by Gasteiger charge is -2.10. The van der Waals surface area contributed by atoms with Gasteiger partial charge in [-0.05, 0) is 30.7 Å². The minimum atomic E-state index is -0.349. The van der Waals surface area contributed by atoms with E-state index in [0.717, 1.165) is 10.0 Å². The molecular formula is C17H17BrN2O3. The Morgan fingerprint density at radius 1 is 1.22 bits per heavy atom. The molecule has 0 atom stereocenters. The van der Waals surface area contributed by atoms with Crippen LogP contribution < -0.4 is 14.9 Å². The van der Waals surface area contributed by atoms with E-state index in [1.807, 2.05) is 37.3 Å². The molecule has 23 heavy (non-hydrogen) atoms. The summed E-state index contributed by atoms with van der Waals surface area (Å²) in [4.78, 5) is 11.7. The Labute approximate surface area is 143 Å². The number of rotatable bonds is 6. The van der Waals surface area contributed by atoms with E-state index in [1.54, 1.807) is 25.5 Å². The van der Waals surface area contributed by atoms with Gasteiger partial charge in [-0.15, -0.1) is 0 Å². The fourth-order valence-electron chi connectivity index (χ4n) is 1.77. The van der Waals surface area contributed by atoms with Crippen LogP contribution in [0, 0.1) is 6.92 Å². The molecule has 0 aromatic heterocycles. The molecule has 0 aliphatic heterocycles. The van der Waals surface area contributed by atoms with E-state index in [-0.39, 0.29) is 12.5 Å². The van der Waals surface area contributed by atoms with Crippen LogP contribution in [0.1, 0.15) is 11.1 Å². The zero-order valence-corrected chi connectivity index (χ0v) is 14.5. The Kier molecular flexibility index (Phi) is 6.17. The molecule has 2 rings (SSSR count). The monoisotopic (exact) mass is 376 g/mol. The van der Waals surface area contributed by atoms with Crippen molar-refractivity contribution in [2.75, 3.05) is 13.7 Å². The molecule has 1 amide bonds. The van der Waals surface area contributed by atoms with Crippen molar-refractivity contribution in [2.24, 2.45) is 5.10 Å². The van der Waals surface area contributed by atoms with Crippen molar-refractivity contribution in [3.63, 3.8) is 0 Å². The summed E-state index contributed by atoms with van der Waals surface area (Å²) in [5, 5.41) is 3.90. The second-order valence-corrected chi connectivity index (χ2v) is 5.70. The van der Waals surface area contributed by atoms with Gasteiger partial charge in [0.05, 0.1) is 13.3 Å². The van der Waals surface area contributed by atoms with Gasteiger partial charge in [0.2, 0.25) is 0 Å². The topological polar surface area (TPSA) is 59.9 Å². The number of ether oxygens (including phenoxy) is 2. The summed E-state index contributed by atoms with van der Waals surface area (Å²) in [6.07, 6.45) is 1.58. The molecule has 0 aliphatic carbocycles. The van der Waals surface area contributed by atoms with Gasteiger partial charge in [0, 0.05) is 4.47 Å². The number of hydrogen-bond acceptors (Lipinski definition) is 4. The zero-order valence-electron chi connectivity index (χ0n) is 12.9. The summed E-state index contributed by atoms with van der Waals surface area (Å²) in [6, 6.07) is 13.1. The summed E-state index contributed by atoms with van der Waals surface area (Å²) >= 11 is 3.34. The van der Waals surface area contributed by atoms with Gasteiger partial charge in [-0.2, -0.15) is 5.10 Å². The summed E-state index contributed by atoms with van der Waals surface area (Å²) in [5.41, 5.74) is 4.50. The molecule has 0 saturated heterocycles. The first kappa shape index (κ1) is 17.0. The maximum atomic E-state index is 11.7. The highest BCUT2D eigenvalue weighted by atomic mass is 79.9. The first-order chi connectivity index (χ1) is 11.1. The average Bonchev–Trinajstić information content (AvgIpc) is 2.55. The summed E-state index contributed by atoms with van der Waals surface area (Å²) < 4.78 is 11.5. The Balaban J connectivity index is 1.84. The van der Waals surface area contributed by atoms with Crippen LogP contribution in [0.4, 0.5) is 0 Å². The lowest BCUT2D eigenvalue weighted by atomic mass is 10.2. The molecule has 2 aromatic carbocycles. The SMILES string of the molecule is COc1cc(Br)ccc1OCC(=O)N/N=C/c1ccc(C)cc1. The first-order valence-electron chi connectivity index (χ1n) is 6.93. The lowest BCUT2D eigenvalue weighted by molar-refractivity contribution is -0.123. The van der Waals surface area contributed by atoms with Crippen LogP contribution in [0.3, 0.4) is 0 Å². The number of nitrogens with zero attached hydrogens (tertiary/aromatic N) is 1. The molecule has 6 heteroatoms. The predicted octanol–water partition coefficient (Wildman–Crippen LogP) is 3.30. The van der Waals surface area contributed by atoms with Gasteiger partial charge < -0.3 is 9.47 Å². The van der Waals surface area contributed by atoms with Crippen molar-refractivity contribution in [2.45, 2.75) is 6.92 Å². The quantitative estimate of drug-likeness (QED) is 0.621. The Hall–Kier alpha value is -2.34. The summed E-state index contributed by atoms with van der Waals surface area (Å²) in [5.74, 6) is 0.696. The third kappa shape index (κ3) is 5.41. The van der Waals surface area contributed by atoms with E-state index < -0.39 is 0 Å². The van der Waals surface area contributed by atoms with Gasteiger partial charge in [-0.1, -0.05) is 45.8 Å². The van der Waals surface area contributed by atoms with Gasteiger partial charge in [-0.25, -0.2) is 5.43 Å². The number of nitrogens with one attached hydrogen (secondary N) is 1. The van der Waals surface area contributed by atoms with E-state index in [9.17, 15) is 4.79 Å². The summed E-state index contributed by atoms with van der Waals surface area (Å²) in [6.45, 7) is 1.86. The maximum Gasteiger partial charge on any atom is 0.277 e. The van der Waals surface area contributed by atoms with Crippen molar-refractivity contribution in [1.29, 1.82) is 0 Å². The van der Waals surface area contributed by atoms with Crippen LogP contribution in [0.5, 0.6) is 11.5 Å². The first-order valence-corrected chi connectivity index (χ1v) is 7.72. The van der Waals surface area contributed by atoms with Gasteiger partial charge in [0.1, 0.15) is 0 Å². The van der Waals surface area contributed by atoms with Gasteiger partial charge >= 0.3 is 0 Å². The van der Waals surface area contributed by atoms with E-state index in [4.69, 9.17) is 9.47 Å². The second kappa shape index (κ2) is 8.33. The highest BCUT2D eigenvalue weighted by molar-refractivity contribution is 9.10. The van der Waals surface area contributed by atoms with E-state index >= 15 is 0 Å². The van der Waals surface area contributed by atoms with E-state index in [0.29, 0.717) is 11.5 Å². The van der Waals surface area contributed by atoms with Gasteiger partial charge in [0.15, 0.2) is 18.1 Å². The predicted molar refractivity (Wildman–Crippen MR) is 93.1 cm³/mol. The lowest BCUT2D eigenvalue weighted by Crippen LogP contribution is -2.24. The fraction of sp³-hybridized carbons (Fsp3) is 0.176. The van der Waals surface area contributed by atoms with Crippen LogP contribution in [0.15, 0.2) is 52.0 Å². The van der Waals surface area contributed by atoms with Crippen molar-refractivity contribution in [1.82, 2.24) is 5.43 Å². The molecular weight excluding hydrogens is 360 g/mol. The number of methoxy groups -OCH3 is 1. The van der Waals surface area contributed by atoms with Crippen LogP contribution in [0.25, 0.3) is 0 Å². The van der Waals surface area contributed by atoms with Crippen LogP contribution in [0.2, 0.25) is 0 Å². The zero-order chi connectivity index (χ0) is 16.7. The van der Waals surface area contributed by atoms with Crippen molar-refractivity contribution in [3.8, 4) is 11.5 Å². The maximum absolute atomic E-state index is 11.7. The number of amides is 1. The molecule has 0 spiro atoms. The van der Waals surface area contributed by atoms with E-state index in [2.05, 4.69) is 26.5 Å². The third-order valence-electron chi connectivity index (χ3n) is 2.96. The third-order valence-corrected chi connectivity index (χ3v) is 3.46. The highest BCUT2D eigenvalue weighted by Crippen LogP contribution is 2.29. The molecule has 5 nitrogen and oxygen atoms in total. The minimum Gasteiger partial charge on any atom is -0.493 e. The number of hydrogen-bond donors (Lipinski definition) is 1. The Morgan fingerprint density at radius 2 is 1.96 bits per heavy atom. The normalized spacial score (nSPS) is 10.6. The number of hydrazone groups is 1. The molecule has 0 radical (unpaired) electrons.